The van der Waals surface area contributed by atoms with E-state index in [9.17, 15) is 9.59 Å². The van der Waals surface area contributed by atoms with E-state index >= 15 is 0 Å². The third kappa shape index (κ3) is 5.37. The van der Waals surface area contributed by atoms with Crippen molar-refractivity contribution >= 4 is 17.6 Å². The van der Waals surface area contributed by atoms with Gasteiger partial charge in [0, 0.05) is 38.3 Å². The molecule has 1 aliphatic carbocycles. The van der Waals surface area contributed by atoms with Crippen LogP contribution in [0, 0.1) is 18.3 Å². The Kier molecular flexibility index (Phi) is 6.98. The Morgan fingerprint density at radius 1 is 1.08 bits per heavy atom. The molecule has 2 aliphatic heterocycles. The van der Waals surface area contributed by atoms with Gasteiger partial charge in [0.05, 0.1) is 18.1 Å². The Morgan fingerprint density at radius 3 is 2.41 bits per heavy atom. The van der Waals surface area contributed by atoms with Crippen LogP contribution < -0.4 is 10.9 Å². The van der Waals surface area contributed by atoms with Crippen LogP contribution in [0.3, 0.4) is 0 Å². The second-order valence-corrected chi connectivity index (χ2v) is 10.6. The van der Waals surface area contributed by atoms with Crippen LogP contribution >= 0.6 is 0 Å². The monoisotopic (exact) mass is 498 g/mol. The lowest BCUT2D eigenvalue weighted by atomic mass is 9.88. The number of nitrogens with zero attached hydrogens (tertiary/aromatic N) is 4. The highest BCUT2D eigenvalue weighted by Crippen LogP contribution is 2.43. The molecular weight excluding hydrogens is 464 g/mol. The molecule has 1 atom stereocenters. The summed E-state index contributed by atoms with van der Waals surface area (Å²) >= 11 is 0. The van der Waals surface area contributed by atoms with Gasteiger partial charge >= 0.3 is 0 Å². The Bertz CT molecular complexity index is 1260. The maximum absolute atomic E-state index is 13.7. The SMILES string of the molecule is Cc1cc(C2CC2)c(C2=NC(CC(=O)N(C)C)NN2)cc1C(=O)N1CCC(c2ccc(C#N)cc2)CC1. The van der Waals surface area contributed by atoms with E-state index < -0.39 is 0 Å². The van der Waals surface area contributed by atoms with Crippen LogP contribution in [0.1, 0.15) is 82.1 Å². The lowest BCUT2D eigenvalue weighted by Gasteiger charge is -2.33. The molecule has 0 bridgehead atoms. The third-order valence-corrected chi connectivity index (χ3v) is 7.70. The van der Waals surface area contributed by atoms with Crippen molar-refractivity contribution in [3.05, 3.63) is 69.8 Å². The first-order valence-electron chi connectivity index (χ1n) is 13.1. The summed E-state index contributed by atoms with van der Waals surface area (Å²) in [5.74, 6) is 1.66. The zero-order chi connectivity index (χ0) is 26.1. The molecule has 3 aliphatic rings. The van der Waals surface area contributed by atoms with Crippen molar-refractivity contribution in [1.82, 2.24) is 20.7 Å². The number of carbonyl (C=O) groups is 2. The number of aliphatic imine (C=N–C) groups is 1. The number of amides is 2. The summed E-state index contributed by atoms with van der Waals surface area (Å²) in [7, 11) is 3.48. The van der Waals surface area contributed by atoms with Crippen LogP contribution in [0.5, 0.6) is 0 Å². The minimum absolute atomic E-state index is 0.0101. The number of nitrogens with one attached hydrogen (secondary N) is 2. The second kappa shape index (κ2) is 10.3. The summed E-state index contributed by atoms with van der Waals surface area (Å²) < 4.78 is 0. The van der Waals surface area contributed by atoms with Gasteiger partial charge in [-0.3, -0.25) is 9.59 Å². The number of rotatable bonds is 6. The molecule has 2 heterocycles. The Hall–Kier alpha value is -3.70. The number of likely N-dealkylation sites (tertiary alicyclic amines) is 1. The van der Waals surface area contributed by atoms with Gasteiger partial charge in [-0.05, 0) is 79.3 Å². The van der Waals surface area contributed by atoms with Crippen molar-refractivity contribution in [2.45, 2.75) is 57.0 Å². The van der Waals surface area contributed by atoms with Gasteiger partial charge in [-0.15, -0.1) is 0 Å². The highest BCUT2D eigenvalue weighted by atomic mass is 16.2. The first-order valence-corrected chi connectivity index (χ1v) is 13.1. The van der Waals surface area contributed by atoms with Crippen molar-refractivity contribution in [2.75, 3.05) is 27.2 Å². The first kappa shape index (κ1) is 25.0. The van der Waals surface area contributed by atoms with E-state index in [4.69, 9.17) is 10.3 Å². The van der Waals surface area contributed by atoms with E-state index in [1.165, 1.54) is 11.1 Å². The number of amidine groups is 1. The molecule has 1 saturated carbocycles. The van der Waals surface area contributed by atoms with Gasteiger partial charge in [-0.2, -0.15) is 5.26 Å². The van der Waals surface area contributed by atoms with Crippen molar-refractivity contribution < 1.29 is 9.59 Å². The van der Waals surface area contributed by atoms with E-state index in [1.807, 2.05) is 42.2 Å². The fraction of sp³-hybridized carbons (Fsp3) is 0.448. The van der Waals surface area contributed by atoms with Crippen molar-refractivity contribution in [1.29, 1.82) is 5.26 Å². The Labute approximate surface area is 218 Å². The maximum Gasteiger partial charge on any atom is 0.254 e. The predicted octanol–water partition coefficient (Wildman–Crippen LogP) is 3.42. The predicted molar refractivity (Wildman–Crippen MR) is 142 cm³/mol. The number of carbonyl (C=O) groups excluding carboxylic acids is 2. The molecule has 2 amide bonds. The van der Waals surface area contributed by atoms with Crippen molar-refractivity contribution in [2.24, 2.45) is 4.99 Å². The minimum Gasteiger partial charge on any atom is -0.349 e. The quantitative estimate of drug-likeness (QED) is 0.636. The number of benzene rings is 2. The zero-order valence-corrected chi connectivity index (χ0v) is 21.8. The summed E-state index contributed by atoms with van der Waals surface area (Å²) in [6, 6.07) is 14.1. The van der Waals surface area contributed by atoms with Gasteiger partial charge in [0.2, 0.25) is 5.91 Å². The third-order valence-electron chi connectivity index (χ3n) is 7.70. The number of hydrazine groups is 1. The maximum atomic E-state index is 13.7. The topological polar surface area (TPSA) is 101 Å². The molecule has 0 radical (unpaired) electrons. The molecule has 1 unspecified atom stereocenters. The fourth-order valence-corrected chi connectivity index (χ4v) is 5.27. The molecule has 0 spiro atoms. The van der Waals surface area contributed by atoms with Crippen molar-refractivity contribution in [3.8, 4) is 6.07 Å². The van der Waals surface area contributed by atoms with Crippen molar-refractivity contribution in [3.63, 3.8) is 0 Å². The van der Waals surface area contributed by atoms with Crippen LogP contribution in [0.2, 0.25) is 0 Å². The number of hydrogen-bond acceptors (Lipinski definition) is 6. The van der Waals surface area contributed by atoms with E-state index in [0.717, 1.165) is 36.8 Å². The van der Waals surface area contributed by atoms with Crippen LogP contribution in [0.4, 0.5) is 0 Å². The van der Waals surface area contributed by atoms with Gasteiger partial charge in [0.1, 0.15) is 12.0 Å². The van der Waals surface area contributed by atoms with E-state index in [0.29, 0.717) is 41.9 Å². The molecule has 5 rings (SSSR count). The molecule has 2 fully saturated rings. The number of hydrogen-bond donors (Lipinski definition) is 2. The molecule has 2 aromatic carbocycles. The molecule has 2 N–H and O–H groups in total. The summed E-state index contributed by atoms with van der Waals surface area (Å²) in [6.45, 7) is 3.43. The van der Waals surface area contributed by atoms with Gasteiger partial charge in [-0.1, -0.05) is 18.2 Å². The summed E-state index contributed by atoms with van der Waals surface area (Å²) in [4.78, 5) is 34.1. The van der Waals surface area contributed by atoms with Crippen LogP contribution in [-0.2, 0) is 4.79 Å². The molecule has 2 aromatic rings. The highest BCUT2D eigenvalue weighted by molar-refractivity contribution is 6.04. The lowest BCUT2D eigenvalue weighted by Crippen LogP contribution is -2.39. The molecule has 37 heavy (non-hydrogen) atoms. The number of piperidine rings is 1. The molecule has 8 nitrogen and oxygen atoms in total. The first-order chi connectivity index (χ1) is 17.8. The second-order valence-electron chi connectivity index (χ2n) is 10.6. The van der Waals surface area contributed by atoms with Gasteiger partial charge < -0.3 is 15.2 Å². The van der Waals surface area contributed by atoms with Gasteiger partial charge in [0.25, 0.3) is 5.91 Å². The highest BCUT2D eigenvalue weighted by Gasteiger charge is 2.32. The largest absolute Gasteiger partial charge is 0.349 e. The number of aryl methyl sites for hydroxylation is 1. The molecule has 0 aromatic heterocycles. The average molecular weight is 499 g/mol. The summed E-state index contributed by atoms with van der Waals surface area (Å²) in [5.41, 5.74) is 12.1. The fourth-order valence-electron chi connectivity index (χ4n) is 5.27. The van der Waals surface area contributed by atoms with Gasteiger partial charge in [0.15, 0.2) is 0 Å². The van der Waals surface area contributed by atoms with E-state index in [-0.39, 0.29) is 24.4 Å². The smallest absolute Gasteiger partial charge is 0.254 e. The average Bonchev–Trinajstić information content (AvgIpc) is 3.66. The van der Waals surface area contributed by atoms with Crippen LogP contribution in [0.15, 0.2) is 41.4 Å². The Balaban J connectivity index is 1.33. The Morgan fingerprint density at radius 2 is 1.78 bits per heavy atom. The van der Waals surface area contributed by atoms with Crippen LogP contribution in [-0.4, -0.2) is 60.8 Å². The van der Waals surface area contributed by atoms with E-state index in [1.54, 1.807) is 19.0 Å². The molecule has 8 heteroatoms. The molecule has 192 valence electrons. The normalized spacial score (nSPS) is 19.7. The lowest BCUT2D eigenvalue weighted by molar-refractivity contribution is -0.129. The number of nitriles is 1. The summed E-state index contributed by atoms with van der Waals surface area (Å²) in [6.07, 6.45) is 4.04. The molecule has 1 saturated heterocycles. The molecular formula is C29H34N6O2. The zero-order valence-electron chi connectivity index (χ0n) is 21.8. The summed E-state index contributed by atoms with van der Waals surface area (Å²) in [5, 5.41) is 9.05. The minimum atomic E-state index is -0.335. The van der Waals surface area contributed by atoms with Gasteiger partial charge in [-0.25, -0.2) is 10.4 Å². The van der Waals surface area contributed by atoms with Crippen LogP contribution in [0.25, 0.3) is 0 Å². The van der Waals surface area contributed by atoms with E-state index in [2.05, 4.69) is 23.0 Å². The standard InChI is InChI=1S/C29H34N6O2/c1-18-14-24(22-8-9-22)25(28-31-26(32-33-28)16-27(36)34(2)3)15-23(18)29(37)35-12-10-21(11-13-35)20-6-4-19(17-30)5-7-20/h4-7,14-15,21-22,26,32H,8-13,16H2,1-3H3,(H,31,33).